The largest absolute Gasteiger partial charge is 0.493 e. The first kappa shape index (κ1) is 32.0. The van der Waals surface area contributed by atoms with Gasteiger partial charge in [0.25, 0.3) is 0 Å². The Bertz CT molecular complexity index is 1610. The lowest BCUT2D eigenvalue weighted by atomic mass is 10.0. The number of oxazole rings is 1. The Morgan fingerprint density at radius 3 is 2.27 bits per heavy atom. The van der Waals surface area contributed by atoms with Crippen molar-refractivity contribution in [2.45, 2.75) is 45.3 Å². The number of carboxylic acids is 1. The molecular weight excluding hydrogens is 580 g/mol. The molecular formula is C33H30F4N2O5. The minimum atomic E-state index is -4.51. The van der Waals surface area contributed by atoms with Gasteiger partial charge in [-0.3, -0.25) is 4.79 Å². The quantitative estimate of drug-likeness (QED) is 0.0939. The normalized spacial score (nSPS) is 12.5. The van der Waals surface area contributed by atoms with E-state index in [4.69, 9.17) is 9.15 Å². The van der Waals surface area contributed by atoms with Gasteiger partial charge >= 0.3 is 12.1 Å². The smallest absolute Gasteiger partial charge is 0.416 e. The van der Waals surface area contributed by atoms with E-state index >= 15 is 0 Å². The molecule has 3 aromatic carbocycles. The zero-order valence-electron chi connectivity index (χ0n) is 24.0. The maximum absolute atomic E-state index is 13.2. The van der Waals surface area contributed by atoms with Crippen molar-refractivity contribution in [1.82, 2.24) is 10.3 Å². The fraction of sp³-hybridized carbons (Fsp3) is 0.242. The topological polar surface area (TPSA) is 102 Å². The highest BCUT2D eigenvalue weighted by molar-refractivity contribution is 6.04. The number of halogens is 4. The van der Waals surface area contributed by atoms with Crippen molar-refractivity contribution in [3.05, 3.63) is 119 Å². The summed E-state index contributed by atoms with van der Waals surface area (Å²) in [5, 5.41) is 12.7. The van der Waals surface area contributed by atoms with E-state index in [2.05, 4.69) is 10.3 Å². The van der Waals surface area contributed by atoms with Gasteiger partial charge in [-0.15, -0.1) is 0 Å². The molecule has 0 aliphatic carbocycles. The first-order valence-corrected chi connectivity index (χ1v) is 13.8. The second kappa shape index (κ2) is 14.0. The van der Waals surface area contributed by atoms with Crippen LogP contribution in [0.2, 0.25) is 0 Å². The molecule has 4 aromatic rings. The third kappa shape index (κ3) is 8.56. The number of ketones is 1. The van der Waals surface area contributed by atoms with E-state index in [1.165, 1.54) is 18.2 Å². The van der Waals surface area contributed by atoms with E-state index in [1.807, 2.05) is 0 Å². The second-order valence-electron chi connectivity index (χ2n) is 9.97. The highest BCUT2D eigenvalue weighted by Crippen LogP contribution is 2.29. The minimum absolute atomic E-state index is 0.0558. The zero-order chi connectivity index (χ0) is 31.9. The summed E-state index contributed by atoms with van der Waals surface area (Å²) in [6, 6.07) is 15.6. The molecule has 0 bridgehead atoms. The number of ether oxygens (including phenoxy) is 1. The van der Waals surface area contributed by atoms with Gasteiger partial charge in [0, 0.05) is 35.7 Å². The van der Waals surface area contributed by atoms with Crippen LogP contribution >= 0.6 is 0 Å². The molecule has 7 nitrogen and oxygen atoms in total. The van der Waals surface area contributed by atoms with Crippen LogP contribution in [0.25, 0.3) is 11.5 Å². The van der Waals surface area contributed by atoms with E-state index < -0.39 is 29.5 Å². The summed E-state index contributed by atoms with van der Waals surface area (Å²) in [7, 11) is 0. The summed E-state index contributed by atoms with van der Waals surface area (Å²) in [6.07, 6.45) is -2.43. The molecule has 11 heteroatoms. The van der Waals surface area contributed by atoms with Gasteiger partial charge in [-0.2, -0.15) is 13.2 Å². The number of nitrogens with one attached hydrogen (secondary N) is 1. The number of rotatable bonds is 13. The molecule has 0 saturated heterocycles. The van der Waals surface area contributed by atoms with Gasteiger partial charge in [-0.05, 0) is 67.4 Å². The van der Waals surface area contributed by atoms with Crippen LogP contribution in [-0.2, 0) is 23.8 Å². The molecule has 1 aromatic heterocycles. The number of carboxylic acid groups (broad SMARTS) is 1. The molecule has 0 spiro atoms. The Balaban J connectivity index is 1.32. The minimum Gasteiger partial charge on any atom is -0.493 e. The van der Waals surface area contributed by atoms with Crippen molar-refractivity contribution in [2.75, 3.05) is 6.61 Å². The van der Waals surface area contributed by atoms with Crippen molar-refractivity contribution in [2.24, 2.45) is 0 Å². The molecule has 230 valence electrons. The standard InChI is InChI=1S/C33H30F4N2O5/c1-3-26(19-30(40)22-6-10-24(11-7-22)33(35,36)37)38-29(32(41)42)18-21-4-14-27(15-5-21)43-17-16-28-20(2)44-31(39-28)23-8-12-25(34)13-9-23/h4-15,19,29,38H,3,16-18H2,1-2H3,(H,41,42)/t29-/m0/s1. The molecule has 0 radical (unpaired) electrons. The van der Waals surface area contributed by atoms with Gasteiger partial charge < -0.3 is 19.6 Å². The number of hydrogen-bond donors (Lipinski definition) is 2. The number of allylic oxidation sites excluding steroid dienone is 2. The Labute approximate surface area is 251 Å². The summed E-state index contributed by atoms with van der Waals surface area (Å²) >= 11 is 0. The van der Waals surface area contributed by atoms with E-state index in [9.17, 15) is 32.3 Å². The van der Waals surface area contributed by atoms with Crippen LogP contribution in [0.1, 0.15) is 46.3 Å². The van der Waals surface area contributed by atoms with Crippen molar-refractivity contribution in [3.63, 3.8) is 0 Å². The van der Waals surface area contributed by atoms with Crippen LogP contribution in [0, 0.1) is 12.7 Å². The summed E-state index contributed by atoms with van der Waals surface area (Å²) in [5.74, 6) is -0.411. The van der Waals surface area contributed by atoms with Crippen molar-refractivity contribution < 1.29 is 41.4 Å². The molecule has 1 heterocycles. The van der Waals surface area contributed by atoms with E-state index in [-0.39, 0.29) is 17.8 Å². The SMILES string of the molecule is CCC(=CC(=O)c1ccc(C(F)(F)F)cc1)N[C@@H](Cc1ccc(OCCc2nc(-c3ccc(F)cc3)oc2C)cc1)C(=O)O. The van der Waals surface area contributed by atoms with Crippen LogP contribution in [0.4, 0.5) is 17.6 Å². The first-order valence-electron chi connectivity index (χ1n) is 13.8. The summed E-state index contributed by atoms with van der Waals surface area (Å²) in [6.45, 7) is 3.83. The number of carbonyl (C=O) groups is 2. The van der Waals surface area contributed by atoms with E-state index in [0.717, 1.165) is 24.3 Å². The maximum Gasteiger partial charge on any atom is 0.416 e. The summed E-state index contributed by atoms with van der Waals surface area (Å²) < 4.78 is 63.2. The third-order valence-corrected chi connectivity index (χ3v) is 6.80. The Kier molecular flexibility index (Phi) is 10.2. The predicted octanol–water partition coefficient (Wildman–Crippen LogP) is 7.19. The van der Waals surface area contributed by atoms with Crippen LogP contribution < -0.4 is 10.1 Å². The highest BCUT2D eigenvalue weighted by atomic mass is 19.4. The number of aromatic nitrogens is 1. The molecule has 0 aliphatic heterocycles. The van der Waals surface area contributed by atoms with Crippen LogP contribution in [0.3, 0.4) is 0 Å². The van der Waals surface area contributed by atoms with E-state index in [1.54, 1.807) is 50.2 Å². The summed E-state index contributed by atoms with van der Waals surface area (Å²) in [4.78, 5) is 29.1. The van der Waals surface area contributed by atoms with Gasteiger partial charge in [-0.25, -0.2) is 14.2 Å². The molecule has 2 N–H and O–H groups in total. The molecule has 0 aliphatic rings. The van der Waals surface area contributed by atoms with Gasteiger partial charge in [-0.1, -0.05) is 31.2 Å². The van der Waals surface area contributed by atoms with Crippen LogP contribution in [0.5, 0.6) is 5.75 Å². The Morgan fingerprint density at radius 2 is 1.68 bits per heavy atom. The lowest BCUT2D eigenvalue weighted by molar-refractivity contribution is -0.139. The maximum atomic E-state index is 13.2. The van der Waals surface area contributed by atoms with Gasteiger partial charge in [0.15, 0.2) is 5.78 Å². The number of hydrogen-bond acceptors (Lipinski definition) is 6. The monoisotopic (exact) mass is 610 g/mol. The fourth-order valence-electron chi connectivity index (χ4n) is 4.33. The number of alkyl halides is 3. The van der Waals surface area contributed by atoms with Gasteiger partial charge in [0.05, 0.1) is 17.9 Å². The molecule has 0 saturated carbocycles. The van der Waals surface area contributed by atoms with Crippen molar-refractivity contribution in [3.8, 4) is 17.2 Å². The van der Waals surface area contributed by atoms with Crippen molar-refractivity contribution >= 4 is 11.8 Å². The molecule has 4 rings (SSSR count). The molecule has 0 unspecified atom stereocenters. The zero-order valence-corrected chi connectivity index (χ0v) is 24.0. The number of aliphatic carboxylic acids is 1. The molecule has 1 atom stereocenters. The summed E-state index contributed by atoms with van der Waals surface area (Å²) in [5.41, 5.74) is 1.62. The number of benzene rings is 3. The van der Waals surface area contributed by atoms with Gasteiger partial charge in [0.1, 0.15) is 23.4 Å². The predicted molar refractivity (Wildman–Crippen MR) is 155 cm³/mol. The number of aryl methyl sites for hydroxylation is 1. The Morgan fingerprint density at radius 1 is 1.02 bits per heavy atom. The average molecular weight is 611 g/mol. The number of carbonyl (C=O) groups excluding carboxylic acids is 1. The molecule has 0 amide bonds. The lowest BCUT2D eigenvalue weighted by Gasteiger charge is -2.18. The van der Waals surface area contributed by atoms with Gasteiger partial charge in [0.2, 0.25) is 5.89 Å². The lowest BCUT2D eigenvalue weighted by Crippen LogP contribution is -2.38. The average Bonchev–Trinajstić information content (AvgIpc) is 3.37. The second-order valence-corrected chi connectivity index (χ2v) is 9.97. The van der Waals surface area contributed by atoms with Crippen LogP contribution in [0.15, 0.2) is 89.0 Å². The third-order valence-electron chi connectivity index (χ3n) is 6.80. The molecule has 44 heavy (non-hydrogen) atoms. The molecule has 0 fully saturated rings. The Hall–Kier alpha value is -4.93. The highest BCUT2D eigenvalue weighted by Gasteiger charge is 2.30. The fourth-order valence-corrected chi connectivity index (χ4v) is 4.33. The van der Waals surface area contributed by atoms with E-state index in [0.29, 0.717) is 59.4 Å². The first-order chi connectivity index (χ1) is 20.9. The number of nitrogens with zero attached hydrogens (tertiary/aromatic N) is 1. The van der Waals surface area contributed by atoms with Crippen molar-refractivity contribution in [1.29, 1.82) is 0 Å². The van der Waals surface area contributed by atoms with Crippen LogP contribution in [-0.4, -0.2) is 34.5 Å².